The largest absolute Gasteiger partial charge is 0.316 e. The van der Waals surface area contributed by atoms with Crippen LogP contribution < -0.4 is 0 Å². The van der Waals surface area contributed by atoms with Crippen LogP contribution in [0, 0.1) is 18.9 Å². The highest BCUT2D eigenvalue weighted by atomic mass is 14.6. The van der Waals surface area contributed by atoms with Gasteiger partial charge in [-0.3, -0.25) is 0 Å². The summed E-state index contributed by atoms with van der Waals surface area (Å²) >= 11 is 0. The summed E-state index contributed by atoms with van der Waals surface area (Å²) in [6.45, 7) is 6.70. The minimum atomic E-state index is 0.469. The highest BCUT2D eigenvalue weighted by Gasteiger charge is 1.73. The van der Waals surface area contributed by atoms with Crippen LogP contribution in [-0.2, 0) is 0 Å². The highest BCUT2D eigenvalue weighted by molar-refractivity contribution is 4.86. The molecule has 0 radical (unpaired) electrons. The second-order valence-corrected chi connectivity index (χ2v) is 0.836. The fraction of sp³-hybridized carbons (Fsp3) is 0.400. The van der Waals surface area contributed by atoms with Crippen LogP contribution in [0.1, 0.15) is 6.42 Å². The smallest absolute Gasteiger partial charge is 0.225 e. The van der Waals surface area contributed by atoms with Gasteiger partial charge in [-0.25, -0.2) is 6.57 Å². The second-order valence-electron chi connectivity index (χ2n) is 0.836. The normalized spacial score (nSPS) is 5.67. The van der Waals surface area contributed by atoms with E-state index >= 15 is 0 Å². The van der Waals surface area contributed by atoms with Gasteiger partial charge in [0.05, 0.1) is 6.42 Å². The lowest BCUT2D eigenvalue weighted by Crippen LogP contribution is -1.66. The summed E-state index contributed by atoms with van der Waals surface area (Å²) in [6, 6.07) is 0. The van der Waals surface area contributed by atoms with Gasteiger partial charge in [-0.1, -0.05) is 5.92 Å². The van der Waals surface area contributed by atoms with E-state index in [1.165, 1.54) is 0 Å². The molecule has 0 N–H and O–H groups in total. The molecule has 0 bridgehead atoms. The van der Waals surface area contributed by atoms with Gasteiger partial charge in [0.2, 0.25) is 6.54 Å². The lowest BCUT2D eigenvalue weighted by Gasteiger charge is -1.66. The second kappa shape index (κ2) is 4.05. The molecule has 1 nitrogen and oxygen atoms in total. The van der Waals surface area contributed by atoms with E-state index in [2.05, 4.69) is 10.8 Å². The quantitative estimate of drug-likeness (QED) is 0.250. The lowest BCUT2D eigenvalue weighted by molar-refractivity contribution is 1.18. The molecule has 0 saturated heterocycles. The first-order chi connectivity index (χ1) is 2.91. The summed E-state index contributed by atoms with van der Waals surface area (Å²) < 4.78 is 0. The minimum Gasteiger partial charge on any atom is -0.316 e. The molecule has 0 aromatic carbocycles. The van der Waals surface area contributed by atoms with Crippen LogP contribution in [0.15, 0.2) is 0 Å². The van der Waals surface area contributed by atoms with Crippen molar-refractivity contribution in [2.24, 2.45) is 0 Å². The summed E-state index contributed by atoms with van der Waals surface area (Å²) in [5.41, 5.74) is 0. The van der Waals surface area contributed by atoms with Crippen LogP contribution in [0.5, 0.6) is 0 Å². The van der Waals surface area contributed by atoms with Gasteiger partial charge in [-0.15, -0.1) is 6.42 Å². The number of rotatable bonds is 1. The fourth-order valence-electron chi connectivity index (χ4n) is 0.120. The Morgan fingerprint density at radius 1 is 1.83 bits per heavy atom. The molecule has 0 aromatic heterocycles. The predicted molar refractivity (Wildman–Crippen MR) is 24.9 cm³/mol. The minimum absolute atomic E-state index is 0.469. The average molecular weight is 79.1 g/mol. The number of hydrogen-bond acceptors (Lipinski definition) is 0. The van der Waals surface area contributed by atoms with Crippen molar-refractivity contribution >= 4 is 0 Å². The van der Waals surface area contributed by atoms with Crippen molar-refractivity contribution in [1.82, 2.24) is 0 Å². The SMILES string of the molecule is [C-]#[N+]CCC#C. The summed E-state index contributed by atoms with van der Waals surface area (Å²) in [5, 5.41) is 0. The summed E-state index contributed by atoms with van der Waals surface area (Å²) in [5.74, 6) is 2.35. The van der Waals surface area contributed by atoms with Crippen LogP contribution in [0.25, 0.3) is 4.85 Å². The van der Waals surface area contributed by atoms with Gasteiger partial charge >= 0.3 is 0 Å². The Labute approximate surface area is 37.8 Å². The van der Waals surface area contributed by atoms with Gasteiger partial charge in [-0.2, -0.15) is 0 Å². The molecule has 0 unspecified atom stereocenters. The average Bonchev–Trinajstić information content (AvgIpc) is 1.61. The monoisotopic (exact) mass is 79.0 g/mol. The van der Waals surface area contributed by atoms with E-state index in [1.54, 1.807) is 0 Å². The topological polar surface area (TPSA) is 4.36 Å². The molecular weight excluding hydrogens is 74.1 g/mol. The molecule has 30 valence electrons. The Balaban J connectivity index is 2.78. The van der Waals surface area contributed by atoms with Crippen molar-refractivity contribution in [2.75, 3.05) is 6.54 Å². The first-order valence-corrected chi connectivity index (χ1v) is 1.68. The third-order valence-electron chi connectivity index (χ3n) is 0.368. The Morgan fingerprint density at radius 3 is 2.67 bits per heavy atom. The summed E-state index contributed by atoms with van der Waals surface area (Å²) in [7, 11) is 0. The summed E-state index contributed by atoms with van der Waals surface area (Å²) in [4.78, 5) is 3.03. The fourth-order valence-corrected chi connectivity index (χ4v) is 0.120. The molecular formula is C5H5N. The standard InChI is InChI=1S/C5H5N/c1-3-4-5-6-2/h1H,4-5H2. The van der Waals surface area contributed by atoms with E-state index in [0.717, 1.165) is 0 Å². The first kappa shape index (κ1) is 5.05. The zero-order valence-corrected chi connectivity index (χ0v) is 3.44. The van der Waals surface area contributed by atoms with Gasteiger partial charge in [-0.05, 0) is 0 Å². The van der Waals surface area contributed by atoms with E-state index in [1.807, 2.05) is 0 Å². The molecule has 1 heteroatoms. The van der Waals surface area contributed by atoms with E-state index < -0.39 is 0 Å². The van der Waals surface area contributed by atoms with E-state index in [-0.39, 0.29) is 0 Å². The zero-order valence-electron chi connectivity index (χ0n) is 3.44. The molecule has 0 rings (SSSR count). The molecule has 0 atom stereocenters. The number of nitrogens with zero attached hydrogens (tertiary/aromatic N) is 1. The van der Waals surface area contributed by atoms with Crippen LogP contribution in [0.3, 0.4) is 0 Å². The van der Waals surface area contributed by atoms with E-state index in [4.69, 9.17) is 13.0 Å². The van der Waals surface area contributed by atoms with Crippen molar-refractivity contribution in [2.45, 2.75) is 6.42 Å². The van der Waals surface area contributed by atoms with Crippen molar-refractivity contribution in [1.29, 1.82) is 0 Å². The Morgan fingerprint density at radius 2 is 2.50 bits per heavy atom. The Kier molecular flexibility index (Phi) is 3.41. The molecule has 0 saturated carbocycles. The highest BCUT2D eigenvalue weighted by Crippen LogP contribution is 1.72. The zero-order chi connectivity index (χ0) is 4.83. The van der Waals surface area contributed by atoms with Gasteiger partial charge in [0.15, 0.2) is 0 Å². The maximum absolute atomic E-state index is 6.24. The first-order valence-electron chi connectivity index (χ1n) is 1.68. The molecule has 0 spiro atoms. The number of terminal acetylenes is 1. The van der Waals surface area contributed by atoms with Crippen molar-refractivity contribution in [3.63, 3.8) is 0 Å². The Hall–Kier alpha value is -0.950. The summed E-state index contributed by atoms with van der Waals surface area (Å²) in [6.07, 6.45) is 5.41. The van der Waals surface area contributed by atoms with Crippen molar-refractivity contribution in [3.05, 3.63) is 11.4 Å². The van der Waals surface area contributed by atoms with Gasteiger partial charge < -0.3 is 4.85 Å². The van der Waals surface area contributed by atoms with E-state index in [0.29, 0.717) is 13.0 Å². The third kappa shape index (κ3) is 3.05. The van der Waals surface area contributed by atoms with Crippen molar-refractivity contribution < 1.29 is 0 Å². The van der Waals surface area contributed by atoms with Crippen LogP contribution in [0.4, 0.5) is 0 Å². The van der Waals surface area contributed by atoms with Gasteiger partial charge in [0.1, 0.15) is 0 Å². The van der Waals surface area contributed by atoms with Crippen LogP contribution >= 0.6 is 0 Å². The van der Waals surface area contributed by atoms with E-state index in [9.17, 15) is 0 Å². The maximum atomic E-state index is 6.24. The molecule has 0 amide bonds. The number of hydrogen-bond donors (Lipinski definition) is 0. The third-order valence-corrected chi connectivity index (χ3v) is 0.368. The van der Waals surface area contributed by atoms with Gasteiger partial charge in [0.25, 0.3) is 0 Å². The van der Waals surface area contributed by atoms with Gasteiger partial charge in [0, 0.05) is 0 Å². The molecule has 0 heterocycles. The molecule has 0 fully saturated rings. The molecule has 6 heavy (non-hydrogen) atoms. The maximum Gasteiger partial charge on any atom is 0.225 e. The molecule has 0 aromatic rings. The molecule has 0 aliphatic rings. The molecule has 0 aliphatic carbocycles. The Bertz CT molecular complexity index is 77.5. The molecule has 0 aliphatic heterocycles. The predicted octanol–water partition coefficient (Wildman–Crippen LogP) is 0.929. The van der Waals surface area contributed by atoms with Crippen LogP contribution in [-0.4, -0.2) is 6.54 Å². The van der Waals surface area contributed by atoms with Crippen LogP contribution in [0.2, 0.25) is 0 Å². The lowest BCUT2D eigenvalue weighted by atomic mass is 10.5. The van der Waals surface area contributed by atoms with Crippen molar-refractivity contribution in [3.8, 4) is 12.3 Å².